The van der Waals surface area contributed by atoms with Crippen molar-refractivity contribution in [3.63, 3.8) is 0 Å². The van der Waals surface area contributed by atoms with Gasteiger partial charge in [0.2, 0.25) is 0 Å². The minimum atomic E-state index is 0.609. The summed E-state index contributed by atoms with van der Waals surface area (Å²) in [7, 11) is 0. The molecule has 0 saturated carbocycles. The Morgan fingerprint density at radius 3 is 1.53 bits per heavy atom. The lowest BCUT2D eigenvalue weighted by molar-refractivity contribution is 0.669. The number of hydrogen-bond donors (Lipinski definition) is 0. The molecule has 0 atom stereocenters. The van der Waals surface area contributed by atoms with E-state index in [0.29, 0.717) is 17.5 Å². The maximum absolute atomic E-state index is 6.56. The van der Waals surface area contributed by atoms with E-state index in [1.54, 1.807) is 0 Å². The molecule has 11 aromatic carbocycles. The molecular weight excluding hydrogens is 831 g/mol. The number of aromatic nitrogens is 3. The van der Waals surface area contributed by atoms with Crippen LogP contribution in [0, 0.1) is 0 Å². The molecule has 5 heteroatoms. The normalized spacial score (nSPS) is 11.8. The molecule has 14 rings (SSSR count). The predicted molar refractivity (Wildman–Crippen MR) is 280 cm³/mol. The van der Waals surface area contributed by atoms with Gasteiger partial charge < -0.3 is 8.83 Å². The van der Waals surface area contributed by atoms with Crippen molar-refractivity contribution in [2.75, 3.05) is 0 Å². The zero-order chi connectivity index (χ0) is 44.7. The first-order valence-corrected chi connectivity index (χ1v) is 22.9. The third kappa shape index (κ3) is 6.28. The molecule has 14 aromatic rings. The summed E-state index contributed by atoms with van der Waals surface area (Å²) < 4.78 is 12.9. The van der Waals surface area contributed by atoms with Crippen LogP contribution < -0.4 is 0 Å². The number of fused-ring (bicyclic) bond motifs is 9. The summed E-state index contributed by atoms with van der Waals surface area (Å²) in [5.74, 6) is 1.84. The Kier molecular flexibility index (Phi) is 8.52. The first kappa shape index (κ1) is 38.1. The van der Waals surface area contributed by atoms with Crippen LogP contribution in [0.25, 0.3) is 144 Å². The second-order valence-corrected chi connectivity index (χ2v) is 17.5. The smallest absolute Gasteiger partial charge is 0.164 e. The Hall–Kier alpha value is -9.19. The summed E-state index contributed by atoms with van der Waals surface area (Å²) in [4.78, 5) is 15.7. The number of nitrogens with zero attached hydrogens (tertiary/aromatic N) is 3. The largest absolute Gasteiger partial charge is 0.456 e. The van der Waals surface area contributed by atoms with Gasteiger partial charge >= 0.3 is 0 Å². The topological polar surface area (TPSA) is 65.0 Å². The highest BCUT2D eigenvalue weighted by atomic mass is 16.3. The fraction of sp³-hybridized carbons (Fsp3) is 0. The van der Waals surface area contributed by atoms with Crippen LogP contribution in [0.4, 0.5) is 0 Å². The Balaban J connectivity index is 0.902. The van der Waals surface area contributed by atoms with Crippen molar-refractivity contribution >= 4 is 76.2 Å². The van der Waals surface area contributed by atoms with E-state index in [0.717, 1.165) is 115 Å². The van der Waals surface area contributed by atoms with Crippen molar-refractivity contribution < 1.29 is 8.83 Å². The highest BCUT2D eigenvalue weighted by Gasteiger charge is 2.20. The first-order chi connectivity index (χ1) is 33.6. The average molecular weight is 868 g/mol. The van der Waals surface area contributed by atoms with Crippen molar-refractivity contribution in [3.05, 3.63) is 224 Å². The van der Waals surface area contributed by atoms with E-state index in [4.69, 9.17) is 23.8 Å². The molecule has 0 radical (unpaired) electrons. The molecule has 0 N–H and O–H groups in total. The average Bonchev–Trinajstić information content (AvgIpc) is 3.98. The van der Waals surface area contributed by atoms with Gasteiger partial charge in [0.1, 0.15) is 22.3 Å². The van der Waals surface area contributed by atoms with E-state index in [-0.39, 0.29) is 0 Å². The second-order valence-electron chi connectivity index (χ2n) is 17.5. The fourth-order valence-corrected chi connectivity index (χ4v) is 10.1. The molecule has 0 amide bonds. The van der Waals surface area contributed by atoms with Crippen LogP contribution in [0.15, 0.2) is 233 Å². The predicted octanol–water partition coefficient (Wildman–Crippen LogP) is 17.1. The quantitative estimate of drug-likeness (QED) is 0.167. The molecule has 0 spiro atoms. The van der Waals surface area contributed by atoms with Gasteiger partial charge in [-0.25, -0.2) is 15.0 Å². The van der Waals surface area contributed by atoms with Crippen LogP contribution in [-0.2, 0) is 0 Å². The van der Waals surface area contributed by atoms with E-state index >= 15 is 0 Å². The monoisotopic (exact) mass is 867 g/mol. The SMILES string of the molecule is c1ccc2cc(-c3ccc(-c4nc(-c5ccc6ccccc6c5)nc(-c5ccc(-c6cccc7oc8ccc(-c9ccc%10c(c9)oc9ccccc9%10)cc8c67)c6ccccc56)n4)cc3)ccc2c1. The molecule has 0 bridgehead atoms. The maximum atomic E-state index is 6.56. The molecule has 0 fully saturated rings. The fourth-order valence-electron chi connectivity index (χ4n) is 10.1. The van der Waals surface area contributed by atoms with E-state index in [1.165, 1.54) is 10.8 Å². The minimum absolute atomic E-state index is 0.609. The summed E-state index contributed by atoms with van der Waals surface area (Å²) in [5.41, 5.74) is 12.9. The Morgan fingerprint density at radius 1 is 0.235 bits per heavy atom. The standard InChI is InChI=1S/C63H37N3O2/c1-3-12-42-34-44(26-22-38(42)10-1)40-20-24-41(25-21-40)61-64-62(47-27-23-39-11-2-4-13-43(39)35-47)66-63(65-61)54-32-31-50(48-14-5-6-15-49(48)54)53-17-9-19-58-60(53)55-36-45(29-33-57(55)67-58)46-28-30-52-51-16-7-8-18-56(51)68-59(52)37-46/h1-37H. The Labute approximate surface area is 390 Å². The Morgan fingerprint density at radius 2 is 0.735 bits per heavy atom. The highest BCUT2D eigenvalue weighted by molar-refractivity contribution is 6.17. The molecule has 316 valence electrons. The van der Waals surface area contributed by atoms with Crippen molar-refractivity contribution in [3.8, 4) is 67.5 Å². The third-order valence-corrected chi connectivity index (χ3v) is 13.5. The molecule has 3 heterocycles. The van der Waals surface area contributed by atoms with E-state index < -0.39 is 0 Å². The van der Waals surface area contributed by atoms with Gasteiger partial charge in [-0.1, -0.05) is 170 Å². The minimum Gasteiger partial charge on any atom is -0.456 e. The summed E-state index contributed by atoms with van der Waals surface area (Å²) in [6, 6.07) is 78.9. The molecule has 0 aliphatic heterocycles. The summed E-state index contributed by atoms with van der Waals surface area (Å²) >= 11 is 0. The van der Waals surface area contributed by atoms with Gasteiger partial charge in [-0.3, -0.25) is 0 Å². The van der Waals surface area contributed by atoms with Crippen LogP contribution in [0.1, 0.15) is 0 Å². The van der Waals surface area contributed by atoms with E-state index in [9.17, 15) is 0 Å². The number of hydrogen-bond acceptors (Lipinski definition) is 5. The van der Waals surface area contributed by atoms with Crippen molar-refractivity contribution in [2.45, 2.75) is 0 Å². The molecule has 5 nitrogen and oxygen atoms in total. The summed E-state index contributed by atoms with van der Waals surface area (Å²) in [5, 5.41) is 11.2. The number of furan rings is 2. The lowest BCUT2D eigenvalue weighted by Gasteiger charge is -2.14. The molecule has 0 unspecified atom stereocenters. The lowest BCUT2D eigenvalue weighted by atomic mass is 9.91. The first-order valence-electron chi connectivity index (χ1n) is 22.9. The van der Waals surface area contributed by atoms with Gasteiger partial charge in [0, 0.05) is 38.2 Å². The van der Waals surface area contributed by atoms with Crippen LogP contribution in [0.3, 0.4) is 0 Å². The number of benzene rings is 11. The lowest BCUT2D eigenvalue weighted by Crippen LogP contribution is -2.01. The van der Waals surface area contributed by atoms with Gasteiger partial charge in [0.25, 0.3) is 0 Å². The Bertz CT molecular complexity index is 4330. The van der Waals surface area contributed by atoms with Gasteiger partial charge in [0.15, 0.2) is 17.5 Å². The van der Waals surface area contributed by atoms with Crippen LogP contribution >= 0.6 is 0 Å². The molecular formula is C63H37N3O2. The van der Waals surface area contributed by atoms with Crippen LogP contribution in [-0.4, -0.2) is 15.0 Å². The van der Waals surface area contributed by atoms with Gasteiger partial charge in [-0.2, -0.15) is 0 Å². The van der Waals surface area contributed by atoms with Gasteiger partial charge in [0.05, 0.1) is 0 Å². The van der Waals surface area contributed by atoms with Crippen LogP contribution in [0.5, 0.6) is 0 Å². The van der Waals surface area contributed by atoms with E-state index in [1.807, 2.05) is 12.1 Å². The highest BCUT2D eigenvalue weighted by Crippen LogP contribution is 2.43. The molecule has 0 saturated heterocycles. The molecule has 0 aliphatic carbocycles. The summed E-state index contributed by atoms with van der Waals surface area (Å²) in [6.45, 7) is 0. The molecule has 3 aromatic heterocycles. The van der Waals surface area contributed by atoms with Crippen molar-refractivity contribution in [1.82, 2.24) is 15.0 Å². The third-order valence-electron chi connectivity index (χ3n) is 13.5. The van der Waals surface area contributed by atoms with Crippen molar-refractivity contribution in [1.29, 1.82) is 0 Å². The zero-order valence-corrected chi connectivity index (χ0v) is 36.5. The zero-order valence-electron chi connectivity index (χ0n) is 36.5. The molecule has 0 aliphatic rings. The molecule has 68 heavy (non-hydrogen) atoms. The van der Waals surface area contributed by atoms with E-state index in [2.05, 4.69) is 212 Å². The van der Waals surface area contributed by atoms with Gasteiger partial charge in [-0.05, 0) is 120 Å². The number of para-hydroxylation sites is 1. The maximum Gasteiger partial charge on any atom is 0.164 e. The number of rotatable bonds is 6. The van der Waals surface area contributed by atoms with Crippen molar-refractivity contribution in [2.24, 2.45) is 0 Å². The van der Waals surface area contributed by atoms with Gasteiger partial charge in [-0.15, -0.1) is 0 Å². The summed E-state index contributed by atoms with van der Waals surface area (Å²) in [6.07, 6.45) is 0. The second kappa shape index (κ2) is 15.2. The van der Waals surface area contributed by atoms with Crippen LogP contribution in [0.2, 0.25) is 0 Å².